The Morgan fingerprint density at radius 2 is 1.90 bits per heavy atom. The first kappa shape index (κ1) is 23.1. The maximum absolute atomic E-state index is 12.7. The number of benzene rings is 2. The Morgan fingerprint density at radius 1 is 1.10 bits per heavy atom. The van der Waals surface area contributed by atoms with Gasteiger partial charge in [-0.1, -0.05) is 24.3 Å². The summed E-state index contributed by atoms with van der Waals surface area (Å²) in [6, 6.07) is 14.8. The highest BCUT2D eigenvalue weighted by molar-refractivity contribution is 7.89. The van der Waals surface area contributed by atoms with E-state index in [1.807, 2.05) is 30.8 Å². The molecule has 9 heteroatoms. The van der Waals surface area contributed by atoms with Crippen molar-refractivity contribution in [3.63, 3.8) is 0 Å². The van der Waals surface area contributed by atoms with Gasteiger partial charge < -0.3 is 5.32 Å². The summed E-state index contributed by atoms with van der Waals surface area (Å²) in [7, 11) is -1.65. The number of aromatic nitrogens is 3. The lowest BCUT2D eigenvalue weighted by Crippen LogP contribution is -2.40. The van der Waals surface area contributed by atoms with E-state index < -0.39 is 10.0 Å². The molecule has 7 nitrogen and oxygen atoms in total. The van der Waals surface area contributed by atoms with Crippen molar-refractivity contribution in [2.24, 2.45) is 7.05 Å². The number of hydrogen-bond donors (Lipinski definition) is 2. The van der Waals surface area contributed by atoms with Gasteiger partial charge in [0.05, 0.1) is 16.1 Å². The highest BCUT2D eigenvalue weighted by atomic mass is 35.5. The first-order valence-corrected chi connectivity index (χ1v) is 11.4. The molecule has 0 unspecified atom stereocenters. The number of para-hydroxylation sites is 1. The third kappa shape index (κ3) is 5.22. The van der Waals surface area contributed by atoms with Crippen LogP contribution in [0.2, 0.25) is 0 Å². The maximum Gasteiger partial charge on any atom is 0.240 e. The molecular formula is C22H26ClN5O2S. The molecule has 164 valence electrons. The average Bonchev–Trinajstić information content (AvgIpc) is 3.06. The molecule has 0 bridgehead atoms. The molecule has 2 N–H and O–H groups in total. The summed E-state index contributed by atoms with van der Waals surface area (Å²) in [5, 5.41) is 10.8. The van der Waals surface area contributed by atoms with E-state index in [-0.39, 0.29) is 23.3 Å². The molecule has 0 aliphatic heterocycles. The molecule has 0 fully saturated rings. The quantitative estimate of drug-likeness (QED) is 0.395. The number of hydrogen-bond acceptors (Lipinski definition) is 5. The summed E-state index contributed by atoms with van der Waals surface area (Å²) in [4.78, 5) is 4.31. The average molecular weight is 460 g/mol. The minimum atomic E-state index is -3.59. The third-order valence-electron chi connectivity index (χ3n) is 5.10. The van der Waals surface area contributed by atoms with Crippen molar-refractivity contribution < 1.29 is 8.42 Å². The van der Waals surface area contributed by atoms with E-state index in [4.69, 9.17) is 0 Å². The van der Waals surface area contributed by atoms with Crippen molar-refractivity contribution in [1.82, 2.24) is 24.8 Å². The lowest BCUT2D eigenvalue weighted by Gasteiger charge is -2.15. The number of fused-ring (bicyclic) bond motifs is 2. The van der Waals surface area contributed by atoms with Gasteiger partial charge in [0.2, 0.25) is 10.0 Å². The van der Waals surface area contributed by atoms with Crippen LogP contribution >= 0.6 is 12.4 Å². The van der Waals surface area contributed by atoms with Gasteiger partial charge in [-0.3, -0.25) is 9.67 Å². The molecule has 0 aliphatic rings. The van der Waals surface area contributed by atoms with Crippen LogP contribution in [-0.4, -0.2) is 42.3 Å². The molecule has 2 aromatic carbocycles. The summed E-state index contributed by atoms with van der Waals surface area (Å²) in [5.74, 6) is 0. The minimum absolute atomic E-state index is 0. The number of aryl methyl sites for hydroxylation is 1. The Labute approximate surface area is 188 Å². The third-order valence-corrected chi connectivity index (χ3v) is 6.69. The van der Waals surface area contributed by atoms with E-state index in [0.29, 0.717) is 6.54 Å². The fourth-order valence-corrected chi connectivity index (χ4v) is 4.88. The highest BCUT2D eigenvalue weighted by Crippen LogP contribution is 2.19. The van der Waals surface area contributed by atoms with Gasteiger partial charge in [0.25, 0.3) is 0 Å². The number of nitrogens with one attached hydrogen (secondary N) is 2. The Morgan fingerprint density at radius 3 is 2.74 bits per heavy atom. The number of sulfonamides is 1. The number of rotatable bonds is 8. The molecule has 4 rings (SSSR count). The second kappa shape index (κ2) is 9.74. The van der Waals surface area contributed by atoms with Crippen molar-refractivity contribution >= 4 is 44.1 Å². The van der Waals surface area contributed by atoms with Gasteiger partial charge in [-0.05, 0) is 36.6 Å². The first-order valence-electron chi connectivity index (χ1n) is 9.91. The molecule has 0 saturated carbocycles. The second-order valence-electron chi connectivity index (χ2n) is 7.45. The fourth-order valence-electron chi connectivity index (χ4n) is 3.60. The molecule has 0 saturated heterocycles. The van der Waals surface area contributed by atoms with Crippen LogP contribution in [0.25, 0.3) is 21.7 Å². The normalized spacial score (nSPS) is 12.7. The van der Waals surface area contributed by atoms with E-state index >= 15 is 0 Å². The van der Waals surface area contributed by atoms with Gasteiger partial charge in [-0.2, -0.15) is 5.10 Å². The molecule has 0 radical (unpaired) electrons. The smallest absolute Gasteiger partial charge is 0.240 e. The van der Waals surface area contributed by atoms with E-state index in [9.17, 15) is 8.42 Å². The Kier molecular flexibility index (Phi) is 7.27. The molecule has 2 heterocycles. The van der Waals surface area contributed by atoms with Crippen molar-refractivity contribution in [3.05, 3.63) is 66.6 Å². The zero-order valence-corrected chi connectivity index (χ0v) is 19.1. The molecule has 1 atom stereocenters. The maximum atomic E-state index is 12.7. The van der Waals surface area contributed by atoms with Crippen molar-refractivity contribution in [2.45, 2.75) is 24.3 Å². The van der Waals surface area contributed by atoms with Crippen LogP contribution in [0, 0.1) is 0 Å². The zero-order valence-electron chi connectivity index (χ0n) is 17.4. The molecule has 0 spiro atoms. The molecule has 31 heavy (non-hydrogen) atoms. The van der Waals surface area contributed by atoms with Crippen LogP contribution in [-0.2, 0) is 23.5 Å². The summed E-state index contributed by atoms with van der Waals surface area (Å²) in [6.45, 7) is 3.10. The number of nitrogens with zero attached hydrogens (tertiary/aromatic N) is 3. The Hall–Kier alpha value is -2.52. The van der Waals surface area contributed by atoms with E-state index in [0.717, 1.165) is 40.3 Å². The van der Waals surface area contributed by atoms with Crippen LogP contribution in [0.1, 0.15) is 12.6 Å². The molecule has 4 aromatic rings. The standard InChI is InChI=1S/C22H25N5O2S.ClH/c1-16(14-23-12-10-21-20-5-3-4-6-22(20)27(2)25-21)26-30(28,29)19-8-7-18-15-24-11-9-17(18)13-19;/h3-9,11,13,15-16,23,26H,10,12,14H2,1-2H3;1H/t16-;/m1./s1. The van der Waals surface area contributed by atoms with Gasteiger partial charge in [0.1, 0.15) is 0 Å². The summed E-state index contributed by atoms with van der Waals surface area (Å²) in [5.41, 5.74) is 2.15. The summed E-state index contributed by atoms with van der Waals surface area (Å²) in [6.07, 6.45) is 4.15. The topological polar surface area (TPSA) is 88.9 Å². The monoisotopic (exact) mass is 459 g/mol. The van der Waals surface area contributed by atoms with Gasteiger partial charge in [0, 0.05) is 55.8 Å². The SMILES string of the molecule is C[C@H](CNCCc1nn(C)c2ccccc12)NS(=O)(=O)c1ccc2cnccc2c1.Cl. The second-order valence-corrected chi connectivity index (χ2v) is 9.16. The molecular weight excluding hydrogens is 434 g/mol. The Bertz CT molecular complexity index is 1290. The van der Waals surface area contributed by atoms with E-state index in [1.165, 1.54) is 0 Å². The van der Waals surface area contributed by atoms with Crippen LogP contribution in [0.5, 0.6) is 0 Å². The largest absolute Gasteiger partial charge is 0.315 e. The van der Waals surface area contributed by atoms with E-state index in [1.54, 1.807) is 36.7 Å². The van der Waals surface area contributed by atoms with Crippen molar-refractivity contribution in [2.75, 3.05) is 13.1 Å². The van der Waals surface area contributed by atoms with Gasteiger partial charge in [-0.25, -0.2) is 13.1 Å². The predicted molar refractivity (Wildman–Crippen MR) is 126 cm³/mol. The van der Waals surface area contributed by atoms with Crippen molar-refractivity contribution in [1.29, 1.82) is 0 Å². The van der Waals surface area contributed by atoms with Crippen LogP contribution < -0.4 is 10.0 Å². The van der Waals surface area contributed by atoms with E-state index in [2.05, 4.69) is 32.3 Å². The lowest BCUT2D eigenvalue weighted by atomic mass is 10.1. The van der Waals surface area contributed by atoms with Crippen LogP contribution in [0.3, 0.4) is 0 Å². The van der Waals surface area contributed by atoms with Gasteiger partial charge in [-0.15, -0.1) is 12.4 Å². The van der Waals surface area contributed by atoms with Crippen LogP contribution in [0.15, 0.2) is 65.8 Å². The molecule has 0 amide bonds. The fraction of sp³-hybridized carbons (Fsp3) is 0.273. The van der Waals surface area contributed by atoms with Gasteiger partial charge >= 0.3 is 0 Å². The number of halogens is 1. The Balaban J connectivity index is 0.00000272. The highest BCUT2D eigenvalue weighted by Gasteiger charge is 2.17. The van der Waals surface area contributed by atoms with Crippen LogP contribution in [0.4, 0.5) is 0 Å². The van der Waals surface area contributed by atoms with Gasteiger partial charge in [0.15, 0.2) is 0 Å². The predicted octanol–water partition coefficient (Wildman–Crippen LogP) is 3.04. The lowest BCUT2D eigenvalue weighted by molar-refractivity contribution is 0.536. The zero-order chi connectivity index (χ0) is 21.1. The number of pyridine rings is 1. The van der Waals surface area contributed by atoms with Crippen molar-refractivity contribution in [3.8, 4) is 0 Å². The first-order chi connectivity index (χ1) is 14.4. The summed E-state index contributed by atoms with van der Waals surface area (Å²) < 4.78 is 30.1. The summed E-state index contributed by atoms with van der Waals surface area (Å²) >= 11 is 0. The molecule has 2 aromatic heterocycles. The molecule has 0 aliphatic carbocycles. The minimum Gasteiger partial charge on any atom is -0.315 e.